The molecule has 0 amide bonds. The number of carbonyl (C=O) groups is 1. The second-order valence-electron chi connectivity index (χ2n) is 2.86. The van der Waals surface area contributed by atoms with Gasteiger partial charge in [-0.15, -0.1) is 0 Å². The Morgan fingerprint density at radius 1 is 1.19 bits per heavy atom. The van der Waals surface area contributed by atoms with Crippen LogP contribution in [0.2, 0.25) is 0 Å². The van der Waals surface area contributed by atoms with Crippen LogP contribution < -0.4 is 0 Å². The van der Waals surface area contributed by atoms with Crippen LogP contribution in [0.1, 0.15) is 0 Å². The van der Waals surface area contributed by atoms with E-state index in [0.717, 1.165) is 0 Å². The highest BCUT2D eigenvalue weighted by molar-refractivity contribution is 7.80. The molecule has 0 bridgehead atoms. The van der Waals surface area contributed by atoms with Gasteiger partial charge in [0.1, 0.15) is 18.3 Å². The fraction of sp³-hybridized carbons (Fsp3) is 0.833. The van der Waals surface area contributed by atoms with E-state index in [1.54, 1.807) is 0 Å². The van der Waals surface area contributed by atoms with Gasteiger partial charge in [0, 0.05) is 0 Å². The van der Waals surface area contributed by atoms with Crippen LogP contribution in [0.25, 0.3) is 0 Å². The van der Waals surface area contributed by atoms with E-state index in [1.807, 2.05) is 0 Å². The van der Waals surface area contributed by atoms with Crippen molar-refractivity contribution in [3.8, 4) is 0 Å². The van der Waals surface area contributed by atoms with Crippen molar-refractivity contribution in [1.82, 2.24) is 0 Å². The largest absolute Gasteiger partial charge is 0.398 e. The van der Waals surface area contributed by atoms with Gasteiger partial charge in [0.15, 0.2) is 12.4 Å². The third-order valence-electron chi connectivity index (χ3n) is 1.63. The van der Waals surface area contributed by atoms with E-state index in [4.69, 9.17) is 19.9 Å². The third kappa shape index (κ3) is 4.94. The Hall–Kier alpha value is -0.620. The number of rotatable bonds is 7. The van der Waals surface area contributed by atoms with Crippen molar-refractivity contribution in [1.29, 1.82) is 0 Å². The van der Waals surface area contributed by atoms with Crippen LogP contribution in [0.15, 0.2) is 0 Å². The summed E-state index contributed by atoms with van der Waals surface area (Å²) in [5.74, 6) is 0. The fourth-order valence-electron chi connectivity index (χ4n) is 0.830. The number of aliphatic hydroxyl groups excluding tert-OH is 4. The predicted molar refractivity (Wildman–Crippen MR) is 47.6 cm³/mol. The van der Waals surface area contributed by atoms with Gasteiger partial charge in [-0.25, -0.2) is 4.18 Å². The van der Waals surface area contributed by atoms with Crippen molar-refractivity contribution < 1.29 is 42.4 Å². The summed E-state index contributed by atoms with van der Waals surface area (Å²) in [6.07, 6.45) is -8.21. The molecule has 0 aromatic carbocycles. The third-order valence-corrected chi connectivity index (χ3v) is 2.10. The molecule has 0 aliphatic heterocycles. The maximum Gasteiger partial charge on any atom is 0.398 e. The highest BCUT2D eigenvalue weighted by atomic mass is 32.3. The van der Waals surface area contributed by atoms with Crippen LogP contribution in [0.3, 0.4) is 0 Å². The van der Waals surface area contributed by atoms with Gasteiger partial charge >= 0.3 is 10.4 Å². The van der Waals surface area contributed by atoms with Crippen molar-refractivity contribution in [3.63, 3.8) is 0 Å². The summed E-state index contributed by atoms with van der Waals surface area (Å²) in [5.41, 5.74) is 0. The van der Waals surface area contributed by atoms with Gasteiger partial charge in [-0.05, 0) is 0 Å². The van der Waals surface area contributed by atoms with Gasteiger partial charge in [-0.2, -0.15) is 8.42 Å². The SMILES string of the molecule is O=C[C@H](OS(=O)(=O)O)[C@@H](O)[C@H](O)[C@H](O)CO. The second-order valence-corrected chi connectivity index (χ2v) is 3.90. The molecule has 4 atom stereocenters. The van der Waals surface area contributed by atoms with E-state index in [-0.39, 0.29) is 6.29 Å². The molecule has 0 aromatic rings. The molecule has 0 aliphatic rings. The molecule has 0 aliphatic carbocycles. The Balaban J connectivity index is 4.65. The molecule has 10 heteroatoms. The van der Waals surface area contributed by atoms with Crippen LogP contribution in [-0.2, 0) is 19.4 Å². The first-order valence-electron chi connectivity index (χ1n) is 3.99. The first-order chi connectivity index (χ1) is 7.22. The van der Waals surface area contributed by atoms with Crippen molar-refractivity contribution in [3.05, 3.63) is 0 Å². The van der Waals surface area contributed by atoms with Gasteiger partial charge in [0.05, 0.1) is 6.61 Å². The van der Waals surface area contributed by atoms with Crippen LogP contribution in [-0.4, -0.2) is 70.7 Å². The Bertz CT molecular complexity index is 312. The molecule has 0 aromatic heterocycles. The van der Waals surface area contributed by atoms with Crippen molar-refractivity contribution in [2.75, 3.05) is 6.61 Å². The van der Waals surface area contributed by atoms with Crippen molar-refractivity contribution >= 4 is 16.7 Å². The molecule has 0 heterocycles. The number of hydrogen-bond donors (Lipinski definition) is 5. The van der Waals surface area contributed by atoms with Crippen LogP contribution in [0.5, 0.6) is 0 Å². The number of aldehydes is 1. The molecule has 0 saturated carbocycles. The van der Waals surface area contributed by atoms with Crippen molar-refractivity contribution in [2.45, 2.75) is 24.4 Å². The summed E-state index contributed by atoms with van der Waals surface area (Å²) in [6, 6.07) is 0. The standard InChI is InChI=1S/C6H12O9S/c7-1-3(9)5(10)6(11)4(2-8)15-16(12,13)14/h2-7,9-11H,1H2,(H,12,13,14)/t3-,4+,5-,6-/m1/s1. The lowest BCUT2D eigenvalue weighted by Crippen LogP contribution is -2.47. The molecule has 0 radical (unpaired) electrons. The summed E-state index contributed by atoms with van der Waals surface area (Å²) in [7, 11) is -4.99. The molecule has 96 valence electrons. The first kappa shape index (κ1) is 15.4. The average molecular weight is 260 g/mol. The van der Waals surface area contributed by atoms with Gasteiger partial charge < -0.3 is 25.2 Å². The second kappa shape index (κ2) is 6.20. The zero-order chi connectivity index (χ0) is 12.9. The summed E-state index contributed by atoms with van der Waals surface area (Å²) in [6.45, 7) is -0.921. The number of hydrogen-bond acceptors (Lipinski definition) is 8. The van der Waals surface area contributed by atoms with E-state index in [9.17, 15) is 18.3 Å². The summed E-state index contributed by atoms with van der Waals surface area (Å²) < 4.78 is 32.4. The predicted octanol–water partition coefficient (Wildman–Crippen LogP) is -3.55. The smallest absolute Gasteiger partial charge is 0.394 e. The lowest BCUT2D eigenvalue weighted by atomic mass is 10.0. The lowest BCUT2D eigenvalue weighted by molar-refractivity contribution is -0.133. The molecule has 0 saturated heterocycles. The fourth-order valence-corrected chi connectivity index (χ4v) is 1.27. The highest BCUT2D eigenvalue weighted by Crippen LogP contribution is 2.08. The Labute approximate surface area is 90.9 Å². The van der Waals surface area contributed by atoms with E-state index < -0.39 is 41.4 Å². The Morgan fingerprint density at radius 2 is 1.69 bits per heavy atom. The minimum Gasteiger partial charge on any atom is -0.394 e. The van der Waals surface area contributed by atoms with E-state index >= 15 is 0 Å². The molecule has 9 nitrogen and oxygen atoms in total. The van der Waals surface area contributed by atoms with Crippen LogP contribution in [0, 0.1) is 0 Å². The zero-order valence-corrected chi connectivity index (χ0v) is 8.69. The minimum absolute atomic E-state index is 0.189. The van der Waals surface area contributed by atoms with E-state index in [0.29, 0.717) is 0 Å². The molecular formula is C6H12O9S. The molecule has 16 heavy (non-hydrogen) atoms. The number of aliphatic hydroxyl groups is 4. The summed E-state index contributed by atoms with van der Waals surface area (Å²) in [4.78, 5) is 10.3. The highest BCUT2D eigenvalue weighted by Gasteiger charge is 2.34. The Morgan fingerprint density at radius 3 is 2.00 bits per heavy atom. The summed E-state index contributed by atoms with van der Waals surface area (Å²) in [5, 5.41) is 35.6. The van der Waals surface area contributed by atoms with Gasteiger partial charge in [0.25, 0.3) is 0 Å². The normalized spacial score (nSPS) is 19.8. The first-order valence-corrected chi connectivity index (χ1v) is 5.35. The quantitative estimate of drug-likeness (QED) is 0.230. The maximum atomic E-state index is 10.3. The van der Waals surface area contributed by atoms with Crippen LogP contribution >= 0.6 is 0 Å². The van der Waals surface area contributed by atoms with Crippen molar-refractivity contribution in [2.24, 2.45) is 0 Å². The van der Waals surface area contributed by atoms with Gasteiger partial charge in [-0.1, -0.05) is 0 Å². The van der Waals surface area contributed by atoms with E-state index in [1.165, 1.54) is 0 Å². The zero-order valence-electron chi connectivity index (χ0n) is 7.87. The topological polar surface area (TPSA) is 162 Å². The Kier molecular flexibility index (Phi) is 5.96. The average Bonchev–Trinajstić information content (AvgIpc) is 2.21. The molecule has 0 unspecified atom stereocenters. The van der Waals surface area contributed by atoms with Gasteiger partial charge in [-0.3, -0.25) is 4.55 Å². The molecule has 0 rings (SSSR count). The summed E-state index contributed by atoms with van der Waals surface area (Å²) >= 11 is 0. The monoisotopic (exact) mass is 260 g/mol. The molecule has 5 N–H and O–H groups in total. The lowest BCUT2D eigenvalue weighted by Gasteiger charge is -2.24. The van der Waals surface area contributed by atoms with Gasteiger partial charge in [0.2, 0.25) is 0 Å². The molecule has 0 fully saturated rings. The maximum absolute atomic E-state index is 10.3. The number of carbonyl (C=O) groups excluding carboxylic acids is 1. The van der Waals surface area contributed by atoms with Crippen LogP contribution in [0.4, 0.5) is 0 Å². The molecular weight excluding hydrogens is 248 g/mol. The minimum atomic E-state index is -4.99. The molecule has 0 spiro atoms. The van der Waals surface area contributed by atoms with E-state index in [2.05, 4.69) is 4.18 Å².